The summed E-state index contributed by atoms with van der Waals surface area (Å²) in [6.45, 7) is 1.59. The highest BCUT2D eigenvalue weighted by atomic mass is 35.5. The molecular weight excluding hydrogens is 435 g/mol. The van der Waals surface area contributed by atoms with Gasteiger partial charge in [0.2, 0.25) is 11.8 Å². The van der Waals surface area contributed by atoms with Crippen LogP contribution in [-0.4, -0.2) is 21.8 Å². The molecule has 3 aromatic rings. The molecule has 0 bridgehead atoms. The molecule has 7 nitrogen and oxygen atoms in total. The molecule has 0 saturated heterocycles. The van der Waals surface area contributed by atoms with Crippen molar-refractivity contribution in [2.45, 2.75) is 13.5 Å². The molecule has 1 heterocycles. The number of ether oxygens (including phenoxy) is 1. The Morgan fingerprint density at radius 1 is 1.26 bits per heavy atom. The Balaban J connectivity index is 2.02. The van der Waals surface area contributed by atoms with Gasteiger partial charge in [0.25, 0.3) is 5.56 Å². The van der Waals surface area contributed by atoms with Crippen LogP contribution >= 0.6 is 11.6 Å². The first-order chi connectivity index (χ1) is 14.7. The number of nitrogens with zero attached hydrogens (tertiary/aromatic N) is 2. The minimum Gasteiger partial charge on any atom is -0.428 e. The number of hydrogen-bond donors (Lipinski definition) is 3. The van der Waals surface area contributed by atoms with E-state index < -0.39 is 23.0 Å². The fraction of sp³-hybridized carbons (Fsp3) is 0.100. The maximum atomic E-state index is 13.6. The van der Waals surface area contributed by atoms with Gasteiger partial charge in [-0.1, -0.05) is 17.7 Å². The normalized spacial score (nSPS) is 10.6. The van der Waals surface area contributed by atoms with Crippen LogP contribution in [0, 0.1) is 35.2 Å². The van der Waals surface area contributed by atoms with Crippen molar-refractivity contribution in [1.29, 1.82) is 10.8 Å². The number of benzene rings is 2. The van der Waals surface area contributed by atoms with Crippen LogP contribution in [0.2, 0.25) is 5.02 Å². The zero-order valence-corrected chi connectivity index (χ0v) is 16.7. The van der Waals surface area contributed by atoms with E-state index in [1.807, 2.05) is 0 Å². The SMILES string of the molecule is Cc1ccc(C(=N)OC=N)cc1Nc1nc(=O)c(Cl)cn1Cc1cc(F)c(F)c(F)c1. The Bertz CT molecular complexity index is 1220. The third kappa shape index (κ3) is 4.92. The van der Waals surface area contributed by atoms with Gasteiger partial charge in [0, 0.05) is 17.4 Å². The topological polar surface area (TPSA) is 104 Å². The van der Waals surface area contributed by atoms with E-state index in [1.165, 1.54) is 10.8 Å². The van der Waals surface area contributed by atoms with Crippen LogP contribution in [0.3, 0.4) is 0 Å². The van der Waals surface area contributed by atoms with Gasteiger partial charge in [-0.3, -0.25) is 15.6 Å². The summed E-state index contributed by atoms with van der Waals surface area (Å²) in [5.74, 6) is -4.55. The van der Waals surface area contributed by atoms with E-state index in [0.29, 0.717) is 17.7 Å². The van der Waals surface area contributed by atoms with Crippen LogP contribution in [-0.2, 0) is 11.3 Å². The van der Waals surface area contributed by atoms with Crippen molar-refractivity contribution >= 4 is 35.5 Å². The number of aromatic nitrogens is 2. The fourth-order valence-electron chi connectivity index (χ4n) is 2.73. The van der Waals surface area contributed by atoms with Crippen LogP contribution in [0.5, 0.6) is 0 Å². The highest BCUT2D eigenvalue weighted by Crippen LogP contribution is 2.23. The predicted octanol–water partition coefficient (Wildman–Crippen LogP) is 4.36. The maximum Gasteiger partial charge on any atom is 0.293 e. The molecule has 0 radical (unpaired) electrons. The molecular formula is C20H15ClF3N5O2. The van der Waals surface area contributed by atoms with Crippen molar-refractivity contribution in [2.75, 3.05) is 5.32 Å². The first-order valence-electron chi connectivity index (χ1n) is 8.72. The molecule has 0 saturated carbocycles. The second-order valence-corrected chi connectivity index (χ2v) is 6.85. The van der Waals surface area contributed by atoms with Gasteiger partial charge >= 0.3 is 0 Å². The average Bonchev–Trinajstić information content (AvgIpc) is 2.71. The van der Waals surface area contributed by atoms with Crippen molar-refractivity contribution in [2.24, 2.45) is 0 Å². The van der Waals surface area contributed by atoms with E-state index in [-0.39, 0.29) is 29.0 Å². The molecule has 0 amide bonds. The Morgan fingerprint density at radius 2 is 1.94 bits per heavy atom. The van der Waals surface area contributed by atoms with Crippen LogP contribution in [0.4, 0.5) is 24.8 Å². The van der Waals surface area contributed by atoms with E-state index >= 15 is 0 Å². The van der Waals surface area contributed by atoms with Crippen molar-refractivity contribution < 1.29 is 17.9 Å². The third-order valence-electron chi connectivity index (χ3n) is 4.27. The van der Waals surface area contributed by atoms with Crippen molar-refractivity contribution in [3.8, 4) is 0 Å². The lowest BCUT2D eigenvalue weighted by atomic mass is 10.1. The number of hydrogen-bond acceptors (Lipinski definition) is 6. The molecule has 3 N–H and O–H groups in total. The molecule has 160 valence electrons. The Kier molecular flexibility index (Phi) is 6.40. The molecule has 0 atom stereocenters. The van der Waals surface area contributed by atoms with Crippen LogP contribution in [0.25, 0.3) is 0 Å². The van der Waals surface area contributed by atoms with E-state index in [0.717, 1.165) is 17.7 Å². The van der Waals surface area contributed by atoms with Crippen LogP contribution in [0.1, 0.15) is 16.7 Å². The summed E-state index contributed by atoms with van der Waals surface area (Å²) in [6.07, 6.45) is 1.85. The lowest BCUT2D eigenvalue weighted by Crippen LogP contribution is -2.18. The quantitative estimate of drug-likeness (QED) is 0.295. The Hall–Kier alpha value is -3.66. The van der Waals surface area contributed by atoms with Crippen LogP contribution < -0.4 is 10.9 Å². The summed E-state index contributed by atoms with van der Waals surface area (Å²) in [6, 6.07) is 6.50. The van der Waals surface area contributed by atoms with Crippen LogP contribution in [0.15, 0.2) is 41.3 Å². The van der Waals surface area contributed by atoms with E-state index in [1.54, 1.807) is 25.1 Å². The molecule has 0 fully saturated rings. The predicted molar refractivity (Wildman–Crippen MR) is 110 cm³/mol. The first kappa shape index (κ1) is 22.0. The highest BCUT2D eigenvalue weighted by molar-refractivity contribution is 6.30. The maximum absolute atomic E-state index is 13.6. The second-order valence-electron chi connectivity index (χ2n) is 6.44. The minimum absolute atomic E-state index is 0.000653. The largest absolute Gasteiger partial charge is 0.428 e. The number of nitrogens with one attached hydrogen (secondary N) is 3. The van der Waals surface area contributed by atoms with Gasteiger partial charge in [-0.25, -0.2) is 13.2 Å². The number of anilines is 2. The van der Waals surface area contributed by atoms with Gasteiger partial charge in [-0.05, 0) is 42.3 Å². The zero-order chi connectivity index (χ0) is 22.7. The molecule has 2 aromatic carbocycles. The molecule has 0 unspecified atom stereocenters. The Labute approximate surface area is 179 Å². The summed E-state index contributed by atoms with van der Waals surface area (Å²) in [5, 5.41) is 17.4. The van der Waals surface area contributed by atoms with E-state index in [4.69, 9.17) is 27.2 Å². The molecule has 11 heteroatoms. The van der Waals surface area contributed by atoms with Gasteiger partial charge in [0.15, 0.2) is 23.9 Å². The van der Waals surface area contributed by atoms with Crippen molar-refractivity contribution in [3.05, 3.63) is 86.0 Å². The van der Waals surface area contributed by atoms with Gasteiger partial charge in [-0.15, -0.1) is 0 Å². The third-order valence-corrected chi connectivity index (χ3v) is 4.53. The molecule has 0 aliphatic rings. The van der Waals surface area contributed by atoms with Gasteiger partial charge < -0.3 is 14.6 Å². The summed E-state index contributed by atoms with van der Waals surface area (Å²) < 4.78 is 46.5. The average molecular weight is 450 g/mol. The molecule has 0 aliphatic heterocycles. The van der Waals surface area contributed by atoms with Gasteiger partial charge in [0.1, 0.15) is 5.02 Å². The molecule has 0 spiro atoms. The van der Waals surface area contributed by atoms with Gasteiger partial charge in [-0.2, -0.15) is 4.98 Å². The summed E-state index contributed by atoms with van der Waals surface area (Å²) >= 11 is 5.88. The minimum atomic E-state index is -1.58. The zero-order valence-electron chi connectivity index (χ0n) is 16.0. The first-order valence-corrected chi connectivity index (χ1v) is 9.10. The molecule has 3 rings (SSSR count). The summed E-state index contributed by atoms with van der Waals surface area (Å²) in [7, 11) is 0. The molecule has 0 aliphatic carbocycles. The monoisotopic (exact) mass is 449 g/mol. The van der Waals surface area contributed by atoms with Crippen molar-refractivity contribution in [3.63, 3.8) is 0 Å². The standard InChI is InChI=1S/C20H15ClF3N5O2/c1-10-2-3-12(18(26)31-9-25)6-16(10)27-20-28-19(30)13(21)8-29(20)7-11-4-14(22)17(24)15(23)5-11/h2-6,8-9,25-26H,7H2,1H3,(H,27,28,30). The van der Waals surface area contributed by atoms with E-state index in [2.05, 4.69) is 10.3 Å². The highest BCUT2D eigenvalue weighted by Gasteiger charge is 2.14. The lowest BCUT2D eigenvalue weighted by Gasteiger charge is -2.16. The number of rotatable bonds is 6. The number of halogens is 4. The van der Waals surface area contributed by atoms with Crippen molar-refractivity contribution in [1.82, 2.24) is 9.55 Å². The second kappa shape index (κ2) is 9.00. The summed E-state index contributed by atoms with van der Waals surface area (Å²) in [5.41, 5.74) is 0.872. The fourth-order valence-corrected chi connectivity index (χ4v) is 2.89. The molecule has 31 heavy (non-hydrogen) atoms. The smallest absolute Gasteiger partial charge is 0.293 e. The van der Waals surface area contributed by atoms with E-state index in [9.17, 15) is 18.0 Å². The van der Waals surface area contributed by atoms with Gasteiger partial charge in [0.05, 0.1) is 6.54 Å². The number of aryl methyl sites for hydroxylation is 1. The lowest BCUT2D eigenvalue weighted by molar-refractivity contribution is 0.444. The Morgan fingerprint density at radius 3 is 2.58 bits per heavy atom. The molecule has 1 aromatic heterocycles. The summed E-state index contributed by atoms with van der Waals surface area (Å²) in [4.78, 5) is 15.8.